The molecule has 0 aromatic carbocycles. The minimum atomic E-state index is -0.364. The van der Waals surface area contributed by atoms with Crippen molar-refractivity contribution < 1.29 is 0 Å². The number of rotatable bonds is 7. The predicted octanol–water partition coefficient (Wildman–Crippen LogP) is 4.59. The largest absolute Gasteiger partial charge is 0.262 e. The van der Waals surface area contributed by atoms with Crippen LogP contribution in [0.25, 0.3) is 0 Å². The van der Waals surface area contributed by atoms with Crippen LogP contribution in [0, 0.1) is 11.8 Å². The van der Waals surface area contributed by atoms with Gasteiger partial charge in [-0.2, -0.15) is 0 Å². The average molecular weight is 198 g/mol. The summed E-state index contributed by atoms with van der Waals surface area (Å²) < 4.78 is 0. The second-order valence-corrected chi connectivity index (χ2v) is 8.26. The van der Waals surface area contributed by atoms with E-state index in [2.05, 4.69) is 34.6 Å². The topological polar surface area (TPSA) is 0 Å². The highest BCUT2D eigenvalue weighted by molar-refractivity contribution is 6.58. The lowest BCUT2D eigenvalue weighted by atomic mass is 10.1. The first-order chi connectivity index (χ1) is 6.13. The summed E-state index contributed by atoms with van der Waals surface area (Å²) in [4.78, 5) is 0. The van der Waals surface area contributed by atoms with Crippen molar-refractivity contribution in [2.75, 3.05) is 0 Å². The first-order valence-electron chi connectivity index (χ1n) is 6.13. The monoisotopic (exact) mass is 198 g/mol. The molecule has 0 spiro atoms. The number of hydrogen-bond donors (Lipinski definition) is 0. The predicted molar refractivity (Wildman–Crippen MR) is 64.8 cm³/mol. The van der Waals surface area contributed by atoms with Gasteiger partial charge < -0.3 is 0 Å². The van der Waals surface area contributed by atoms with Gasteiger partial charge in [0.15, 0.2) is 0 Å². The molecule has 2 unspecified atom stereocenters. The maximum absolute atomic E-state index is 2.42. The Morgan fingerprint density at radius 1 is 0.846 bits per heavy atom. The van der Waals surface area contributed by atoms with Crippen LogP contribution >= 0.6 is 0 Å². The van der Waals surface area contributed by atoms with Gasteiger partial charge in [0.25, 0.3) is 14.1 Å². The highest BCUT2D eigenvalue weighted by Gasteiger charge is 2.19. The van der Waals surface area contributed by atoms with E-state index in [1.807, 2.05) is 0 Å². The Bertz CT molecular complexity index is 99.7. The van der Waals surface area contributed by atoms with Gasteiger partial charge in [-0.1, -0.05) is 75.1 Å². The SMILES string of the molecule is CCC(C)[CH2][Al]([CH2]C)[CH2]C(C)CC. The molecule has 0 saturated carbocycles. The van der Waals surface area contributed by atoms with Gasteiger partial charge in [0.1, 0.15) is 0 Å². The zero-order valence-corrected chi connectivity index (χ0v) is 11.4. The molecule has 0 radical (unpaired) electrons. The smallest absolute Gasteiger partial charge is 0.0967 e. The highest BCUT2D eigenvalue weighted by Crippen LogP contribution is 2.20. The van der Waals surface area contributed by atoms with Crippen LogP contribution in [0.4, 0.5) is 0 Å². The minimum Gasteiger partial charge on any atom is -0.0967 e. The van der Waals surface area contributed by atoms with E-state index in [1.165, 1.54) is 18.1 Å². The molecule has 0 N–H and O–H groups in total. The van der Waals surface area contributed by atoms with Crippen LogP contribution in [0.1, 0.15) is 47.5 Å². The van der Waals surface area contributed by atoms with Crippen molar-refractivity contribution in [3.05, 3.63) is 0 Å². The molecule has 13 heavy (non-hydrogen) atoms. The molecule has 78 valence electrons. The Hall–Kier alpha value is 0.532. The van der Waals surface area contributed by atoms with E-state index in [0.717, 1.165) is 11.8 Å². The zero-order valence-electron chi connectivity index (χ0n) is 10.3. The van der Waals surface area contributed by atoms with Crippen LogP contribution in [0.15, 0.2) is 0 Å². The summed E-state index contributed by atoms with van der Waals surface area (Å²) in [6.45, 7) is 11.9. The standard InChI is InChI=1S/2C5H11.C2H5.Al/c2*1-4-5(2)3;1-2;/h2*5H,2,4H2,1,3H3;1H2,2H3;. The second-order valence-electron chi connectivity index (χ2n) is 4.77. The zero-order chi connectivity index (χ0) is 10.3. The first kappa shape index (κ1) is 13.5. The maximum Gasteiger partial charge on any atom is 0.262 e. The lowest BCUT2D eigenvalue weighted by Gasteiger charge is -2.17. The van der Waals surface area contributed by atoms with Crippen molar-refractivity contribution >= 4 is 14.1 Å². The second kappa shape index (κ2) is 7.89. The molecule has 0 saturated heterocycles. The lowest BCUT2D eigenvalue weighted by Crippen LogP contribution is -2.17. The third-order valence-electron chi connectivity index (χ3n) is 3.44. The van der Waals surface area contributed by atoms with E-state index in [9.17, 15) is 0 Å². The molecule has 0 bridgehead atoms. The molecule has 0 aliphatic carbocycles. The molecule has 0 heterocycles. The fourth-order valence-corrected chi connectivity index (χ4v) is 5.70. The van der Waals surface area contributed by atoms with E-state index in [0.29, 0.717) is 0 Å². The van der Waals surface area contributed by atoms with Crippen LogP contribution in [-0.2, 0) is 0 Å². The molecule has 2 atom stereocenters. The lowest BCUT2D eigenvalue weighted by molar-refractivity contribution is 0.591. The summed E-state index contributed by atoms with van der Waals surface area (Å²) in [5.41, 5.74) is 0. The molecular formula is C12H27Al. The number of hydrogen-bond acceptors (Lipinski definition) is 0. The normalized spacial score (nSPS) is 15.5. The summed E-state index contributed by atoms with van der Waals surface area (Å²) >= 11 is -0.364. The average Bonchev–Trinajstić information content (AvgIpc) is 2.16. The van der Waals surface area contributed by atoms with Crippen LogP contribution in [0.3, 0.4) is 0 Å². The Morgan fingerprint density at radius 3 is 1.46 bits per heavy atom. The molecule has 0 rings (SSSR count). The fraction of sp³-hybridized carbons (Fsp3) is 1.00. The summed E-state index contributed by atoms with van der Waals surface area (Å²) in [6.07, 6.45) is 2.76. The van der Waals surface area contributed by atoms with E-state index < -0.39 is 0 Å². The van der Waals surface area contributed by atoms with Crippen molar-refractivity contribution in [3.63, 3.8) is 0 Å². The molecule has 0 aliphatic rings. The summed E-state index contributed by atoms with van der Waals surface area (Å²) in [5, 5.41) is 4.67. The highest BCUT2D eigenvalue weighted by atomic mass is 27.2. The van der Waals surface area contributed by atoms with E-state index in [1.54, 1.807) is 10.6 Å². The van der Waals surface area contributed by atoms with Crippen molar-refractivity contribution in [3.8, 4) is 0 Å². The summed E-state index contributed by atoms with van der Waals surface area (Å²) in [6, 6.07) is 0. The Balaban J connectivity index is 3.74. The summed E-state index contributed by atoms with van der Waals surface area (Å²) in [5.74, 6) is 1.97. The van der Waals surface area contributed by atoms with Gasteiger partial charge in [-0.3, -0.25) is 0 Å². The minimum absolute atomic E-state index is 0.364. The van der Waals surface area contributed by atoms with Crippen LogP contribution in [0.2, 0.25) is 15.8 Å². The molecule has 0 nitrogen and oxygen atoms in total. The van der Waals surface area contributed by atoms with Crippen LogP contribution in [0.5, 0.6) is 0 Å². The van der Waals surface area contributed by atoms with E-state index in [-0.39, 0.29) is 14.1 Å². The summed E-state index contributed by atoms with van der Waals surface area (Å²) in [7, 11) is 0. The molecule has 1 heteroatoms. The van der Waals surface area contributed by atoms with Crippen molar-refractivity contribution in [1.29, 1.82) is 0 Å². The molecular weight excluding hydrogens is 171 g/mol. The molecule has 0 aromatic heterocycles. The van der Waals surface area contributed by atoms with Crippen molar-refractivity contribution in [2.24, 2.45) is 11.8 Å². The van der Waals surface area contributed by atoms with E-state index >= 15 is 0 Å². The van der Waals surface area contributed by atoms with Gasteiger partial charge in [0.05, 0.1) is 0 Å². The Kier molecular flexibility index (Phi) is 8.22. The van der Waals surface area contributed by atoms with Gasteiger partial charge in [-0.15, -0.1) is 0 Å². The van der Waals surface area contributed by atoms with Crippen molar-refractivity contribution in [1.82, 2.24) is 0 Å². The first-order valence-corrected chi connectivity index (χ1v) is 8.58. The van der Waals surface area contributed by atoms with Crippen molar-refractivity contribution in [2.45, 2.75) is 63.3 Å². The van der Waals surface area contributed by atoms with Gasteiger partial charge in [0.2, 0.25) is 0 Å². The van der Waals surface area contributed by atoms with Crippen LogP contribution < -0.4 is 0 Å². The third-order valence-corrected chi connectivity index (χ3v) is 7.54. The van der Waals surface area contributed by atoms with E-state index in [4.69, 9.17) is 0 Å². The Labute approximate surface area is 89.5 Å². The third kappa shape index (κ3) is 6.58. The molecule has 0 amide bonds. The van der Waals surface area contributed by atoms with Gasteiger partial charge >= 0.3 is 0 Å². The maximum atomic E-state index is 2.42. The van der Waals surface area contributed by atoms with Crippen LogP contribution in [-0.4, -0.2) is 14.1 Å². The van der Waals surface area contributed by atoms with Gasteiger partial charge in [-0.25, -0.2) is 0 Å². The molecule has 0 fully saturated rings. The fourth-order valence-electron chi connectivity index (χ4n) is 1.90. The van der Waals surface area contributed by atoms with Gasteiger partial charge in [0, 0.05) is 0 Å². The Morgan fingerprint density at radius 2 is 1.23 bits per heavy atom. The quantitative estimate of drug-likeness (QED) is 0.525. The van der Waals surface area contributed by atoms with Gasteiger partial charge in [-0.05, 0) is 0 Å². The molecule has 0 aliphatic heterocycles. The molecule has 0 aromatic rings.